The van der Waals surface area contributed by atoms with Gasteiger partial charge in [-0.05, 0) is 11.6 Å². The van der Waals surface area contributed by atoms with Gasteiger partial charge in [0, 0.05) is 6.07 Å². The third-order valence-corrected chi connectivity index (χ3v) is 2.92. The van der Waals surface area contributed by atoms with Crippen LogP contribution in [0.2, 0.25) is 0 Å². The maximum atomic E-state index is 12.4. The zero-order valence-electron chi connectivity index (χ0n) is 9.83. The average Bonchev–Trinajstić information content (AvgIpc) is 2.41. The molecule has 0 fully saturated rings. The SMILES string of the molecule is O=c1c(-c2ccccc2)coc2c(O)cc(O)cc12. The molecule has 0 aliphatic heterocycles. The highest BCUT2D eigenvalue weighted by atomic mass is 16.3. The van der Waals surface area contributed by atoms with E-state index in [1.165, 1.54) is 12.3 Å². The van der Waals surface area contributed by atoms with Crippen LogP contribution in [-0.4, -0.2) is 10.2 Å². The predicted molar refractivity (Wildman–Crippen MR) is 71.2 cm³/mol. The van der Waals surface area contributed by atoms with E-state index < -0.39 is 0 Å². The third kappa shape index (κ3) is 1.83. The molecule has 0 atom stereocenters. The third-order valence-electron chi connectivity index (χ3n) is 2.92. The molecule has 0 unspecified atom stereocenters. The maximum Gasteiger partial charge on any atom is 0.200 e. The quantitative estimate of drug-likeness (QED) is 0.700. The highest BCUT2D eigenvalue weighted by molar-refractivity contribution is 5.87. The average molecular weight is 254 g/mol. The Kier molecular flexibility index (Phi) is 2.49. The van der Waals surface area contributed by atoms with Crippen LogP contribution in [0.4, 0.5) is 0 Å². The van der Waals surface area contributed by atoms with Gasteiger partial charge in [0.15, 0.2) is 11.3 Å². The molecule has 0 aliphatic rings. The minimum Gasteiger partial charge on any atom is -0.508 e. The Balaban J connectivity index is 2.36. The molecule has 0 amide bonds. The molecule has 0 radical (unpaired) electrons. The van der Waals surface area contributed by atoms with Gasteiger partial charge in [-0.1, -0.05) is 30.3 Å². The summed E-state index contributed by atoms with van der Waals surface area (Å²) in [6.45, 7) is 0. The monoisotopic (exact) mass is 254 g/mol. The topological polar surface area (TPSA) is 70.7 Å². The lowest BCUT2D eigenvalue weighted by Crippen LogP contribution is -2.04. The first-order valence-corrected chi connectivity index (χ1v) is 5.70. The minimum atomic E-state index is -0.293. The first-order chi connectivity index (χ1) is 9.16. The first kappa shape index (κ1) is 11.3. The van der Waals surface area contributed by atoms with Crippen molar-refractivity contribution in [3.63, 3.8) is 0 Å². The number of fused-ring (bicyclic) bond motifs is 1. The largest absolute Gasteiger partial charge is 0.508 e. The summed E-state index contributed by atoms with van der Waals surface area (Å²) in [6, 6.07) is 11.5. The van der Waals surface area contributed by atoms with E-state index in [-0.39, 0.29) is 27.9 Å². The van der Waals surface area contributed by atoms with Crippen LogP contribution in [-0.2, 0) is 0 Å². The molecule has 3 aromatic rings. The Bertz CT molecular complexity index is 803. The highest BCUT2D eigenvalue weighted by Crippen LogP contribution is 2.29. The van der Waals surface area contributed by atoms with Crippen molar-refractivity contribution in [2.45, 2.75) is 0 Å². The van der Waals surface area contributed by atoms with Gasteiger partial charge >= 0.3 is 0 Å². The second kappa shape index (κ2) is 4.17. The molecular formula is C15H10O4. The van der Waals surface area contributed by atoms with Gasteiger partial charge in [-0.25, -0.2) is 0 Å². The van der Waals surface area contributed by atoms with E-state index in [0.717, 1.165) is 11.6 Å². The van der Waals surface area contributed by atoms with Crippen molar-refractivity contribution in [1.82, 2.24) is 0 Å². The summed E-state index contributed by atoms with van der Waals surface area (Å²) in [5, 5.41) is 19.3. The van der Waals surface area contributed by atoms with E-state index in [1.807, 2.05) is 18.2 Å². The van der Waals surface area contributed by atoms with Crippen LogP contribution >= 0.6 is 0 Å². The van der Waals surface area contributed by atoms with Crippen molar-refractivity contribution < 1.29 is 14.6 Å². The van der Waals surface area contributed by atoms with E-state index >= 15 is 0 Å². The molecular weight excluding hydrogens is 244 g/mol. The van der Waals surface area contributed by atoms with Crippen molar-refractivity contribution in [2.75, 3.05) is 0 Å². The fourth-order valence-electron chi connectivity index (χ4n) is 2.02. The van der Waals surface area contributed by atoms with E-state index in [2.05, 4.69) is 0 Å². The summed E-state index contributed by atoms with van der Waals surface area (Å²) in [5.74, 6) is -0.436. The van der Waals surface area contributed by atoms with Crippen molar-refractivity contribution in [1.29, 1.82) is 0 Å². The van der Waals surface area contributed by atoms with Crippen LogP contribution < -0.4 is 5.43 Å². The van der Waals surface area contributed by atoms with Crippen LogP contribution in [0.25, 0.3) is 22.1 Å². The van der Waals surface area contributed by atoms with Gasteiger partial charge in [0.2, 0.25) is 5.43 Å². The summed E-state index contributed by atoms with van der Waals surface area (Å²) in [6.07, 6.45) is 1.32. The normalized spacial score (nSPS) is 10.7. The van der Waals surface area contributed by atoms with Gasteiger partial charge in [0.05, 0.1) is 10.9 Å². The lowest BCUT2D eigenvalue weighted by Gasteiger charge is -2.04. The summed E-state index contributed by atoms with van der Waals surface area (Å²) in [7, 11) is 0. The van der Waals surface area contributed by atoms with Crippen molar-refractivity contribution >= 4 is 11.0 Å². The van der Waals surface area contributed by atoms with Crippen LogP contribution in [0.15, 0.2) is 57.9 Å². The highest BCUT2D eigenvalue weighted by Gasteiger charge is 2.12. The second-order valence-electron chi connectivity index (χ2n) is 4.19. The van der Waals surface area contributed by atoms with Gasteiger partial charge < -0.3 is 14.6 Å². The Morgan fingerprint density at radius 3 is 2.47 bits per heavy atom. The molecule has 1 heterocycles. The molecule has 0 saturated heterocycles. The lowest BCUT2D eigenvalue weighted by molar-refractivity contribution is 0.444. The van der Waals surface area contributed by atoms with E-state index in [1.54, 1.807) is 12.1 Å². The molecule has 3 rings (SSSR count). The smallest absolute Gasteiger partial charge is 0.200 e. The fraction of sp³-hybridized carbons (Fsp3) is 0. The fourth-order valence-corrected chi connectivity index (χ4v) is 2.02. The molecule has 94 valence electrons. The summed E-state index contributed by atoms with van der Waals surface area (Å²) in [5.41, 5.74) is 0.889. The number of benzene rings is 2. The zero-order chi connectivity index (χ0) is 13.4. The molecule has 19 heavy (non-hydrogen) atoms. The molecule has 1 aromatic heterocycles. The van der Waals surface area contributed by atoms with Crippen LogP contribution in [0.5, 0.6) is 11.5 Å². The van der Waals surface area contributed by atoms with Gasteiger partial charge in [0.25, 0.3) is 0 Å². The Labute approximate surface area is 108 Å². The minimum absolute atomic E-state index is 0.0717. The first-order valence-electron chi connectivity index (χ1n) is 5.70. The molecule has 0 bridgehead atoms. The number of rotatable bonds is 1. The standard InChI is InChI=1S/C15H10O4/c16-10-6-11-14(18)12(9-4-2-1-3-5-9)8-19-15(11)13(17)7-10/h1-8,16-17H. The Morgan fingerprint density at radius 1 is 1.00 bits per heavy atom. The zero-order valence-corrected chi connectivity index (χ0v) is 9.83. The molecule has 2 aromatic carbocycles. The molecule has 0 spiro atoms. The van der Waals surface area contributed by atoms with Gasteiger partial charge in [-0.3, -0.25) is 4.79 Å². The van der Waals surface area contributed by atoms with E-state index in [0.29, 0.717) is 5.56 Å². The lowest BCUT2D eigenvalue weighted by atomic mass is 10.1. The van der Waals surface area contributed by atoms with Crippen LogP contribution in [0, 0.1) is 0 Å². The molecule has 0 saturated carbocycles. The molecule has 4 heteroatoms. The molecule has 2 N–H and O–H groups in total. The number of phenols is 2. The number of aromatic hydroxyl groups is 2. The van der Waals surface area contributed by atoms with Gasteiger partial charge in [-0.2, -0.15) is 0 Å². The summed E-state index contributed by atoms with van der Waals surface area (Å²) < 4.78 is 5.30. The Hall–Kier alpha value is -2.75. The predicted octanol–water partition coefficient (Wildman–Crippen LogP) is 2.87. The van der Waals surface area contributed by atoms with Crippen molar-refractivity contribution in [2.24, 2.45) is 0 Å². The molecule has 0 aliphatic carbocycles. The number of phenolic OH excluding ortho intramolecular Hbond substituents is 2. The Morgan fingerprint density at radius 2 is 1.74 bits per heavy atom. The number of hydrogen-bond donors (Lipinski definition) is 2. The number of hydrogen-bond acceptors (Lipinski definition) is 4. The van der Waals surface area contributed by atoms with Crippen LogP contribution in [0.3, 0.4) is 0 Å². The maximum absolute atomic E-state index is 12.4. The van der Waals surface area contributed by atoms with E-state index in [9.17, 15) is 15.0 Å². The van der Waals surface area contributed by atoms with Crippen LogP contribution in [0.1, 0.15) is 0 Å². The van der Waals surface area contributed by atoms with Crippen molar-refractivity contribution in [3.05, 3.63) is 59.0 Å². The summed E-state index contributed by atoms with van der Waals surface area (Å²) >= 11 is 0. The summed E-state index contributed by atoms with van der Waals surface area (Å²) in [4.78, 5) is 12.4. The van der Waals surface area contributed by atoms with E-state index in [4.69, 9.17) is 4.42 Å². The van der Waals surface area contributed by atoms with Gasteiger partial charge in [0.1, 0.15) is 12.0 Å². The molecule has 4 nitrogen and oxygen atoms in total. The van der Waals surface area contributed by atoms with Gasteiger partial charge in [-0.15, -0.1) is 0 Å². The van der Waals surface area contributed by atoms with Crippen molar-refractivity contribution in [3.8, 4) is 22.6 Å². The second-order valence-corrected chi connectivity index (χ2v) is 4.19.